The molecule has 18 heavy (non-hydrogen) atoms. The topological polar surface area (TPSA) is 40.5 Å². The second-order valence-corrected chi connectivity index (χ2v) is 5.39. The van der Waals surface area contributed by atoms with Crippen LogP contribution in [0.5, 0.6) is 0 Å². The molecule has 0 aromatic heterocycles. The van der Waals surface area contributed by atoms with Crippen molar-refractivity contribution in [2.75, 3.05) is 11.4 Å². The SMILES string of the molecule is CC(C)C(C)N1CCCc2c(C(=O)O)cccc21. The highest BCUT2D eigenvalue weighted by atomic mass is 16.4. The van der Waals surface area contributed by atoms with E-state index in [0.29, 0.717) is 17.5 Å². The molecule has 1 aliphatic rings. The number of carboxylic acids is 1. The summed E-state index contributed by atoms with van der Waals surface area (Å²) in [6.07, 6.45) is 1.91. The van der Waals surface area contributed by atoms with E-state index in [1.807, 2.05) is 6.07 Å². The van der Waals surface area contributed by atoms with Gasteiger partial charge in [0.25, 0.3) is 0 Å². The van der Waals surface area contributed by atoms with Crippen molar-refractivity contribution in [1.82, 2.24) is 0 Å². The number of hydrogen-bond donors (Lipinski definition) is 1. The second-order valence-electron chi connectivity index (χ2n) is 5.39. The zero-order valence-electron chi connectivity index (χ0n) is 11.3. The molecule has 3 nitrogen and oxygen atoms in total. The zero-order valence-corrected chi connectivity index (χ0v) is 11.3. The Morgan fingerprint density at radius 1 is 1.33 bits per heavy atom. The third-order valence-corrected chi connectivity index (χ3v) is 3.97. The number of nitrogens with zero attached hydrogens (tertiary/aromatic N) is 1. The van der Waals surface area contributed by atoms with Gasteiger partial charge in [0.2, 0.25) is 0 Å². The fraction of sp³-hybridized carbons (Fsp3) is 0.533. The summed E-state index contributed by atoms with van der Waals surface area (Å²) in [6, 6.07) is 6.06. The number of carboxylic acid groups (broad SMARTS) is 1. The standard InChI is InChI=1S/C15H21NO2/c1-10(2)11(3)16-9-5-7-12-13(15(17)18)6-4-8-14(12)16/h4,6,8,10-11H,5,7,9H2,1-3H3,(H,17,18). The average Bonchev–Trinajstić information content (AvgIpc) is 2.36. The summed E-state index contributed by atoms with van der Waals surface area (Å²) in [4.78, 5) is 13.6. The van der Waals surface area contributed by atoms with E-state index < -0.39 is 5.97 Å². The van der Waals surface area contributed by atoms with Crippen LogP contribution in [0.3, 0.4) is 0 Å². The Kier molecular flexibility index (Phi) is 3.60. The molecule has 0 bridgehead atoms. The van der Waals surface area contributed by atoms with Gasteiger partial charge in [0.05, 0.1) is 5.56 Å². The first-order valence-electron chi connectivity index (χ1n) is 6.64. The van der Waals surface area contributed by atoms with Crippen LogP contribution >= 0.6 is 0 Å². The van der Waals surface area contributed by atoms with E-state index in [0.717, 1.165) is 30.6 Å². The van der Waals surface area contributed by atoms with Crippen LogP contribution in [0.2, 0.25) is 0 Å². The molecule has 0 saturated carbocycles. The summed E-state index contributed by atoms with van der Waals surface area (Å²) in [5.41, 5.74) is 2.58. The molecule has 0 spiro atoms. The lowest BCUT2D eigenvalue weighted by atomic mass is 9.93. The lowest BCUT2D eigenvalue weighted by molar-refractivity contribution is 0.0695. The minimum atomic E-state index is -0.814. The Hall–Kier alpha value is -1.51. The van der Waals surface area contributed by atoms with Crippen LogP contribution in [-0.4, -0.2) is 23.7 Å². The molecule has 0 saturated heterocycles. The molecule has 0 radical (unpaired) electrons. The van der Waals surface area contributed by atoms with Gasteiger partial charge in [-0.3, -0.25) is 0 Å². The molecule has 1 N–H and O–H groups in total. The Labute approximate surface area is 108 Å². The van der Waals surface area contributed by atoms with Crippen LogP contribution in [0, 0.1) is 5.92 Å². The average molecular weight is 247 g/mol. The number of hydrogen-bond acceptors (Lipinski definition) is 2. The third kappa shape index (κ3) is 2.22. The highest BCUT2D eigenvalue weighted by Gasteiger charge is 2.26. The summed E-state index contributed by atoms with van der Waals surface area (Å²) in [5, 5.41) is 9.26. The Morgan fingerprint density at radius 2 is 2.06 bits per heavy atom. The van der Waals surface area contributed by atoms with E-state index >= 15 is 0 Å². The van der Waals surface area contributed by atoms with Crippen LogP contribution in [0.25, 0.3) is 0 Å². The number of fused-ring (bicyclic) bond motifs is 1. The zero-order chi connectivity index (χ0) is 13.3. The van der Waals surface area contributed by atoms with Gasteiger partial charge in [-0.2, -0.15) is 0 Å². The Morgan fingerprint density at radius 3 is 2.67 bits per heavy atom. The van der Waals surface area contributed by atoms with Gasteiger partial charge in [0.1, 0.15) is 0 Å². The van der Waals surface area contributed by atoms with E-state index in [1.165, 1.54) is 0 Å². The summed E-state index contributed by atoms with van der Waals surface area (Å²) in [6.45, 7) is 7.66. The van der Waals surface area contributed by atoms with Gasteiger partial charge >= 0.3 is 5.97 Å². The van der Waals surface area contributed by atoms with Crippen LogP contribution in [0.15, 0.2) is 18.2 Å². The number of carbonyl (C=O) groups is 1. The summed E-state index contributed by atoms with van der Waals surface area (Å²) >= 11 is 0. The first-order chi connectivity index (χ1) is 8.52. The van der Waals surface area contributed by atoms with Gasteiger partial charge in [-0.15, -0.1) is 0 Å². The van der Waals surface area contributed by atoms with Gasteiger partial charge in [-0.25, -0.2) is 4.79 Å². The molecule has 3 heteroatoms. The van der Waals surface area contributed by atoms with Crippen LogP contribution in [0.1, 0.15) is 43.1 Å². The molecule has 0 aliphatic carbocycles. The van der Waals surface area contributed by atoms with Crippen LogP contribution in [-0.2, 0) is 6.42 Å². The monoisotopic (exact) mass is 247 g/mol. The van der Waals surface area contributed by atoms with Gasteiger partial charge in [0, 0.05) is 18.3 Å². The molecule has 1 aliphatic heterocycles. The fourth-order valence-corrected chi connectivity index (χ4v) is 2.64. The molecular formula is C15H21NO2. The normalized spacial score (nSPS) is 16.6. The molecule has 98 valence electrons. The Balaban J connectivity index is 2.44. The lowest BCUT2D eigenvalue weighted by Crippen LogP contribution is -2.40. The highest BCUT2D eigenvalue weighted by molar-refractivity contribution is 5.91. The maximum absolute atomic E-state index is 11.3. The van der Waals surface area contributed by atoms with Crippen molar-refractivity contribution in [3.05, 3.63) is 29.3 Å². The number of rotatable bonds is 3. The largest absolute Gasteiger partial charge is 0.478 e. The predicted molar refractivity (Wildman–Crippen MR) is 73.4 cm³/mol. The minimum absolute atomic E-state index is 0.438. The van der Waals surface area contributed by atoms with Crippen LogP contribution < -0.4 is 4.90 Å². The Bertz CT molecular complexity index is 454. The van der Waals surface area contributed by atoms with E-state index in [-0.39, 0.29) is 0 Å². The number of aromatic carboxylic acids is 1. The number of benzene rings is 1. The van der Waals surface area contributed by atoms with Crippen molar-refractivity contribution in [3.8, 4) is 0 Å². The molecule has 1 unspecified atom stereocenters. The van der Waals surface area contributed by atoms with Gasteiger partial charge in [0.15, 0.2) is 0 Å². The smallest absolute Gasteiger partial charge is 0.336 e. The van der Waals surface area contributed by atoms with Crippen molar-refractivity contribution < 1.29 is 9.90 Å². The van der Waals surface area contributed by atoms with Gasteiger partial charge in [-0.05, 0) is 43.4 Å². The second kappa shape index (κ2) is 5.01. The molecule has 1 aromatic rings. The molecule has 1 heterocycles. The highest BCUT2D eigenvalue weighted by Crippen LogP contribution is 2.32. The van der Waals surface area contributed by atoms with Crippen molar-refractivity contribution in [2.24, 2.45) is 5.92 Å². The fourth-order valence-electron chi connectivity index (χ4n) is 2.64. The van der Waals surface area contributed by atoms with E-state index in [2.05, 4.69) is 31.7 Å². The third-order valence-electron chi connectivity index (χ3n) is 3.97. The predicted octanol–water partition coefficient (Wildman–Crippen LogP) is 3.18. The summed E-state index contributed by atoms with van der Waals surface area (Å²) in [7, 11) is 0. The quantitative estimate of drug-likeness (QED) is 0.891. The summed E-state index contributed by atoms with van der Waals surface area (Å²) in [5.74, 6) is -0.254. The maximum Gasteiger partial charge on any atom is 0.336 e. The number of anilines is 1. The van der Waals surface area contributed by atoms with E-state index in [4.69, 9.17) is 0 Å². The van der Waals surface area contributed by atoms with Gasteiger partial charge in [-0.1, -0.05) is 19.9 Å². The first kappa shape index (κ1) is 12.9. The van der Waals surface area contributed by atoms with Gasteiger partial charge < -0.3 is 10.0 Å². The van der Waals surface area contributed by atoms with Crippen molar-refractivity contribution in [2.45, 2.75) is 39.7 Å². The molecule has 0 amide bonds. The van der Waals surface area contributed by atoms with Crippen molar-refractivity contribution in [1.29, 1.82) is 0 Å². The van der Waals surface area contributed by atoms with Crippen molar-refractivity contribution in [3.63, 3.8) is 0 Å². The summed E-state index contributed by atoms with van der Waals surface area (Å²) < 4.78 is 0. The van der Waals surface area contributed by atoms with E-state index in [9.17, 15) is 9.90 Å². The molecule has 2 rings (SSSR count). The maximum atomic E-state index is 11.3. The molecule has 0 fully saturated rings. The molecule has 1 atom stereocenters. The molecular weight excluding hydrogens is 226 g/mol. The minimum Gasteiger partial charge on any atom is -0.478 e. The van der Waals surface area contributed by atoms with Crippen molar-refractivity contribution >= 4 is 11.7 Å². The first-order valence-corrected chi connectivity index (χ1v) is 6.64. The van der Waals surface area contributed by atoms with E-state index in [1.54, 1.807) is 6.07 Å². The van der Waals surface area contributed by atoms with Crippen LogP contribution in [0.4, 0.5) is 5.69 Å². The lowest BCUT2D eigenvalue weighted by Gasteiger charge is -2.38. The molecule has 1 aromatic carbocycles.